The number of benzene rings is 1. The molecule has 84 valence electrons. The summed E-state index contributed by atoms with van der Waals surface area (Å²) in [7, 11) is 0. The van der Waals surface area contributed by atoms with Gasteiger partial charge in [-0.3, -0.25) is 9.59 Å². The Morgan fingerprint density at radius 3 is 2.38 bits per heavy atom. The van der Waals surface area contributed by atoms with Crippen LogP contribution in [0.1, 0.15) is 24.3 Å². The number of aliphatic carboxylic acids is 1. The molecule has 0 amide bonds. The number of aldehydes is 1. The lowest BCUT2D eigenvalue weighted by atomic mass is 9.93. The first-order chi connectivity index (χ1) is 7.65. The average Bonchev–Trinajstić information content (AvgIpc) is 2.27. The first-order valence-corrected chi connectivity index (χ1v) is 4.88. The molecule has 1 rings (SSSR count). The molecule has 0 heterocycles. The highest BCUT2D eigenvalue weighted by molar-refractivity contribution is 5.93. The van der Waals surface area contributed by atoms with Crippen molar-refractivity contribution in [2.24, 2.45) is 0 Å². The Bertz CT molecular complexity index is 383. The number of hydrogen-bond donors (Lipinski definition) is 1. The van der Waals surface area contributed by atoms with E-state index in [1.807, 2.05) is 0 Å². The largest absolute Gasteiger partial charge is 0.481 e. The van der Waals surface area contributed by atoms with Crippen LogP contribution in [0.15, 0.2) is 30.3 Å². The molecular weight excluding hydrogens is 208 g/mol. The van der Waals surface area contributed by atoms with Gasteiger partial charge in [-0.2, -0.15) is 0 Å². The summed E-state index contributed by atoms with van der Waals surface area (Å²) < 4.78 is 0. The molecule has 0 aliphatic rings. The summed E-state index contributed by atoms with van der Waals surface area (Å²) in [5.74, 6) is -2.27. The van der Waals surface area contributed by atoms with E-state index < -0.39 is 11.9 Å². The predicted octanol–water partition coefficient (Wildman–Crippen LogP) is 1.40. The van der Waals surface area contributed by atoms with E-state index in [1.54, 1.807) is 30.3 Å². The molecule has 0 spiro atoms. The summed E-state index contributed by atoms with van der Waals surface area (Å²) in [5, 5.41) is 9.00. The molecule has 0 saturated carbocycles. The maximum atomic E-state index is 11.2. The minimum atomic E-state index is -1.05. The van der Waals surface area contributed by atoms with E-state index in [0.29, 0.717) is 11.8 Å². The first kappa shape index (κ1) is 12.1. The van der Waals surface area contributed by atoms with Crippen molar-refractivity contribution in [3.8, 4) is 0 Å². The fourth-order valence-corrected chi connectivity index (χ4v) is 1.44. The summed E-state index contributed by atoms with van der Waals surface area (Å²) in [5.41, 5.74) is 0.578. The minimum Gasteiger partial charge on any atom is -0.481 e. The smallest absolute Gasteiger partial charge is 0.311 e. The zero-order valence-electron chi connectivity index (χ0n) is 8.63. The molecule has 1 atom stereocenters. The Hall–Kier alpha value is -1.97. The first-order valence-electron chi connectivity index (χ1n) is 4.88. The lowest BCUT2D eigenvalue weighted by Gasteiger charge is -2.10. The van der Waals surface area contributed by atoms with Crippen LogP contribution in [0.5, 0.6) is 0 Å². The summed E-state index contributed by atoms with van der Waals surface area (Å²) in [6, 6.07) is 8.53. The highest BCUT2D eigenvalue weighted by atomic mass is 16.4. The third-order valence-electron chi connectivity index (χ3n) is 2.24. The number of carbonyl (C=O) groups is 3. The number of hydrogen-bond acceptors (Lipinski definition) is 3. The van der Waals surface area contributed by atoms with Crippen molar-refractivity contribution in [2.75, 3.05) is 0 Å². The van der Waals surface area contributed by atoms with Crippen LogP contribution in [0.25, 0.3) is 0 Å². The topological polar surface area (TPSA) is 71.4 Å². The van der Waals surface area contributed by atoms with E-state index in [9.17, 15) is 14.4 Å². The molecular formula is C12H12O4. The lowest BCUT2D eigenvalue weighted by molar-refractivity contribution is -0.140. The molecule has 0 aromatic heterocycles. The average molecular weight is 220 g/mol. The number of rotatable bonds is 6. The number of ketones is 1. The third-order valence-corrected chi connectivity index (χ3v) is 2.24. The van der Waals surface area contributed by atoms with Crippen LogP contribution < -0.4 is 0 Å². The standard InChI is InChI=1S/C12H12O4/c13-7-6-10(14)8-11(12(15)16)9-4-2-1-3-5-9/h1-5,7,11H,6,8H2,(H,15,16). The zero-order chi connectivity index (χ0) is 12.0. The van der Waals surface area contributed by atoms with E-state index >= 15 is 0 Å². The van der Waals surface area contributed by atoms with Crippen molar-refractivity contribution in [3.63, 3.8) is 0 Å². The van der Waals surface area contributed by atoms with Gasteiger partial charge in [-0.05, 0) is 5.56 Å². The highest BCUT2D eigenvalue weighted by Gasteiger charge is 2.22. The van der Waals surface area contributed by atoms with Gasteiger partial charge in [-0.1, -0.05) is 30.3 Å². The maximum absolute atomic E-state index is 11.2. The molecule has 0 fully saturated rings. The van der Waals surface area contributed by atoms with Crippen LogP contribution in [0, 0.1) is 0 Å². The Morgan fingerprint density at radius 1 is 1.25 bits per heavy atom. The van der Waals surface area contributed by atoms with Gasteiger partial charge in [0.2, 0.25) is 0 Å². The van der Waals surface area contributed by atoms with Crippen molar-refractivity contribution in [1.82, 2.24) is 0 Å². The summed E-state index contributed by atoms with van der Waals surface area (Å²) >= 11 is 0. The second-order valence-corrected chi connectivity index (χ2v) is 3.42. The Labute approximate surface area is 92.9 Å². The predicted molar refractivity (Wildman–Crippen MR) is 57.1 cm³/mol. The van der Waals surface area contributed by atoms with Gasteiger partial charge in [0.1, 0.15) is 12.1 Å². The van der Waals surface area contributed by atoms with E-state index in [0.717, 1.165) is 0 Å². The maximum Gasteiger partial charge on any atom is 0.311 e. The van der Waals surface area contributed by atoms with Gasteiger partial charge in [-0.25, -0.2) is 0 Å². The van der Waals surface area contributed by atoms with E-state index in [-0.39, 0.29) is 18.6 Å². The molecule has 16 heavy (non-hydrogen) atoms. The van der Waals surface area contributed by atoms with Crippen LogP contribution >= 0.6 is 0 Å². The summed E-state index contributed by atoms with van der Waals surface area (Å²) in [6.07, 6.45) is 0.126. The van der Waals surface area contributed by atoms with Gasteiger partial charge in [0.25, 0.3) is 0 Å². The van der Waals surface area contributed by atoms with Crippen LogP contribution in [-0.2, 0) is 14.4 Å². The highest BCUT2D eigenvalue weighted by Crippen LogP contribution is 2.20. The lowest BCUT2D eigenvalue weighted by Crippen LogP contribution is -2.16. The van der Waals surface area contributed by atoms with Gasteiger partial charge < -0.3 is 9.90 Å². The van der Waals surface area contributed by atoms with E-state index in [1.165, 1.54) is 0 Å². The number of Topliss-reactive ketones (excluding diaryl/α,β-unsaturated/α-hetero) is 1. The Kier molecular flexibility index (Phi) is 4.39. The molecule has 1 unspecified atom stereocenters. The SMILES string of the molecule is O=CCC(=O)CC(C(=O)O)c1ccccc1. The number of carbonyl (C=O) groups excluding carboxylic acids is 2. The van der Waals surface area contributed by atoms with Crippen molar-refractivity contribution in [2.45, 2.75) is 18.8 Å². The van der Waals surface area contributed by atoms with Crippen molar-refractivity contribution in [3.05, 3.63) is 35.9 Å². The molecule has 4 heteroatoms. The van der Waals surface area contributed by atoms with Crippen LogP contribution in [0.2, 0.25) is 0 Å². The van der Waals surface area contributed by atoms with Gasteiger partial charge in [0.05, 0.1) is 12.3 Å². The third kappa shape index (κ3) is 3.31. The number of carboxylic acid groups (broad SMARTS) is 1. The molecule has 0 aliphatic carbocycles. The molecule has 4 nitrogen and oxygen atoms in total. The van der Waals surface area contributed by atoms with Crippen molar-refractivity contribution in [1.29, 1.82) is 0 Å². The Morgan fingerprint density at radius 2 is 1.88 bits per heavy atom. The minimum absolute atomic E-state index is 0.141. The summed E-state index contributed by atoms with van der Waals surface area (Å²) in [4.78, 5) is 32.4. The second-order valence-electron chi connectivity index (χ2n) is 3.42. The normalized spacial score (nSPS) is 11.8. The van der Waals surface area contributed by atoms with Gasteiger partial charge in [0, 0.05) is 6.42 Å². The fourth-order valence-electron chi connectivity index (χ4n) is 1.44. The fraction of sp³-hybridized carbons (Fsp3) is 0.250. The van der Waals surface area contributed by atoms with Crippen LogP contribution in [-0.4, -0.2) is 23.1 Å². The second kappa shape index (κ2) is 5.80. The zero-order valence-corrected chi connectivity index (χ0v) is 8.63. The number of carboxylic acids is 1. The monoisotopic (exact) mass is 220 g/mol. The molecule has 0 aliphatic heterocycles. The van der Waals surface area contributed by atoms with E-state index in [4.69, 9.17) is 5.11 Å². The summed E-state index contributed by atoms with van der Waals surface area (Å²) in [6.45, 7) is 0. The van der Waals surface area contributed by atoms with Crippen molar-refractivity contribution < 1.29 is 19.5 Å². The molecule has 1 aromatic carbocycles. The molecule has 0 radical (unpaired) electrons. The van der Waals surface area contributed by atoms with E-state index in [2.05, 4.69) is 0 Å². The Balaban J connectivity index is 2.80. The van der Waals surface area contributed by atoms with Gasteiger partial charge >= 0.3 is 5.97 Å². The van der Waals surface area contributed by atoms with Crippen LogP contribution in [0.3, 0.4) is 0 Å². The molecule has 1 N–H and O–H groups in total. The van der Waals surface area contributed by atoms with Gasteiger partial charge in [0.15, 0.2) is 0 Å². The van der Waals surface area contributed by atoms with Gasteiger partial charge in [-0.15, -0.1) is 0 Å². The molecule has 0 saturated heterocycles. The van der Waals surface area contributed by atoms with Crippen molar-refractivity contribution >= 4 is 18.0 Å². The molecule has 0 bridgehead atoms. The van der Waals surface area contributed by atoms with Crippen LogP contribution in [0.4, 0.5) is 0 Å². The quantitative estimate of drug-likeness (QED) is 0.581. The molecule has 1 aromatic rings.